The van der Waals surface area contributed by atoms with Crippen molar-refractivity contribution in [3.8, 4) is 0 Å². The molecule has 0 N–H and O–H groups in total. The molecule has 0 aromatic carbocycles. The average molecular weight is 370 g/mol. The zero-order valence-electron chi connectivity index (χ0n) is 15.4. The molecule has 0 aromatic rings. The van der Waals surface area contributed by atoms with E-state index in [1.165, 1.54) is 13.0 Å². The molecule has 128 valence electrons. The van der Waals surface area contributed by atoms with E-state index in [2.05, 4.69) is 43.5 Å². The molecule has 0 radical (unpaired) electrons. The van der Waals surface area contributed by atoms with Crippen molar-refractivity contribution in [2.75, 3.05) is 39.0 Å². The maximum Gasteiger partial charge on any atom is 0.510 e. The van der Waals surface area contributed by atoms with Gasteiger partial charge < -0.3 is 17.5 Å². The van der Waals surface area contributed by atoms with Gasteiger partial charge in [0.25, 0.3) is 0 Å². The predicted octanol–water partition coefficient (Wildman–Crippen LogP) is 3.50. The Morgan fingerprint density at radius 1 is 0.810 bits per heavy atom. The summed E-state index contributed by atoms with van der Waals surface area (Å²) in [5, 5.41) is 0.830. The largest absolute Gasteiger partial charge is 0.510 e. The van der Waals surface area contributed by atoms with Gasteiger partial charge in [-0.1, -0.05) is 39.3 Å². The van der Waals surface area contributed by atoms with Crippen LogP contribution < -0.4 is 0 Å². The predicted molar refractivity (Wildman–Crippen MR) is 102 cm³/mol. The van der Waals surface area contributed by atoms with Crippen LogP contribution in [0.5, 0.6) is 0 Å². The van der Waals surface area contributed by atoms with Crippen LogP contribution >= 0.6 is 11.8 Å². The van der Waals surface area contributed by atoms with E-state index in [-0.39, 0.29) is 0 Å². The highest BCUT2D eigenvalue weighted by atomic mass is 32.2. The van der Waals surface area contributed by atoms with Crippen LogP contribution in [-0.4, -0.2) is 68.5 Å². The van der Waals surface area contributed by atoms with E-state index in [9.17, 15) is 0 Å². The molecule has 0 rings (SSSR count). The lowest BCUT2D eigenvalue weighted by Gasteiger charge is -2.43. The molecule has 0 saturated carbocycles. The summed E-state index contributed by atoms with van der Waals surface area (Å²) in [4.78, 5) is 0. The summed E-state index contributed by atoms with van der Waals surface area (Å²) in [5.41, 5.74) is 0. The molecule has 0 aliphatic rings. The van der Waals surface area contributed by atoms with Gasteiger partial charge in [-0.3, -0.25) is 0 Å². The first-order chi connectivity index (χ1) is 9.52. The molecule has 0 spiro atoms. The zero-order valence-corrected chi connectivity index (χ0v) is 19.2. The average Bonchev–Trinajstić information content (AvgIpc) is 2.36. The Kier molecular flexibility index (Phi) is 9.58. The molecule has 0 aromatic heterocycles. The first kappa shape index (κ1) is 21.8. The first-order valence-electron chi connectivity index (χ1n) is 7.53. The molecule has 4 nitrogen and oxygen atoms in total. The topological polar surface area (TPSA) is 30.9 Å². The summed E-state index contributed by atoms with van der Waals surface area (Å²) >= 11 is 1.89. The van der Waals surface area contributed by atoms with E-state index in [1.54, 1.807) is 21.3 Å². The summed E-state index contributed by atoms with van der Waals surface area (Å²) < 4.78 is 19.2. The van der Waals surface area contributed by atoms with Gasteiger partial charge in [-0.25, -0.2) is 0 Å². The van der Waals surface area contributed by atoms with Crippen LogP contribution in [0.2, 0.25) is 39.3 Å². The highest BCUT2D eigenvalue weighted by Crippen LogP contribution is 2.21. The molecular weight excluding hydrogens is 334 g/mol. The van der Waals surface area contributed by atoms with Crippen molar-refractivity contribution in [1.82, 2.24) is 4.23 Å². The van der Waals surface area contributed by atoms with Crippen molar-refractivity contribution in [1.29, 1.82) is 0 Å². The molecule has 0 atom stereocenters. The van der Waals surface area contributed by atoms with Crippen molar-refractivity contribution in [2.24, 2.45) is 0 Å². The Morgan fingerprint density at radius 3 is 1.57 bits per heavy atom. The Bertz CT molecular complexity index is 269. The number of hydrogen-bond donors (Lipinski definition) is 0. The zero-order chi connectivity index (χ0) is 16.7. The van der Waals surface area contributed by atoms with Gasteiger partial charge in [0, 0.05) is 21.3 Å². The first-order valence-corrected chi connectivity index (χ1v) is 17.5. The van der Waals surface area contributed by atoms with Gasteiger partial charge in [0.2, 0.25) is 0 Å². The van der Waals surface area contributed by atoms with Crippen LogP contribution in [0.15, 0.2) is 0 Å². The summed E-state index contributed by atoms with van der Waals surface area (Å²) in [7, 11) is 0.196. The van der Waals surface area contributed by atoms with E-state index in [1.807, 2.05) is 11.8 Å². The second-order valence-electron chi connectivity index (χ2n) is 7.19. The van der Waals surface area contributed by atoms with Crippen LogP contribution in [0.3, 0.4) is 0 Å². The lowest BCUT2D eigenvalue weighted by Crippen LogP contribution is -2.59. The highest BCUT2D eigenvalue weighted by molar-refractivity contribution is 8.00. The molecule has 21 heavy (non-hydrogen) atoms. The minimum Gasteiger partial charge on any atom is -0.376 e. The monoisotopic (exact) mass is 369 g/mol. The third kappa shape index (κ3) is 7.78. The minimum absolute atomic E-state index is 0.830. The van der Waals surface area contributed by atoms with Crippen LogP contribution in [0.4, 0.5) is 0 Å². The molecule has 0 aliphatic heterocycles. The number of hydrogen-bond acceptors (Lipinski definition) is 5. The van der Waals surface area contributed by atoms with Crippen LogP contribution in [0, 0.1) is 0 Å². The van der Waals surface area contributed by atoms with Crippen LogP contribution in [0.25, 0.3) is 0 Å². The summed E-state index contributed by atoms with van der Waals surface area (Å²) in [5.74, 6) is 1.14. The van der Waals surface area contributed by atoms with Gasteiger partial charge >= 0.3 is 8.80 Å². The van der Waals surface area contributed by atoms with Gasteiger partial charge in [-0.05, 0) is 18.7 Å². The van der Waals surface area contributed by atoms with Crippen molar-refractivity contribution in [3.05, 3.63) is 0 Å². The maximum absolute atomic E-state index is 5.45. The molecule has 0 saturated heterocycles. The summed E-state index contributed by atoms with van der Waals surface area (Å²) in [6.07, 6.45) is 1.22. The minimum atomic E-state index is -2.40. The van der Waals surface area contributed by atoms with Crippen molar-refractivity contribution < 1.29 is 13.3 Å². The molecule has 0 heterocycles. The number of nitrogens with zero attached hydrogens (tertiary/aromatic N) is 1. The molecule has 0 bridgehead atoms. The standard InChI is InChI=1S/C13H35NO3SSi3/c1-15-21(16-2,17-3)13-18-12-10-11-14(19(4,5)6)20(7,8)9/h10-13H2,1-9H3. The lowest BCUT2D eigenvalue weighted by molar-refractivity contribution is 0.130. The van der Waals surface area contributed by atoms with Crippen molar-refractivity contribution in [2.45, 2.75) is 45.7 Å². The smallest absolute Gasteiger partial charge is 0.376 e. The van der Waals surface area contributed by atoms with E-state index in [4.69, 9.17) is 13.3 Å². The summed E-state index contributed by atoms with van der Waals surface area (Å²) in [6.45, 7) is 16.0. The molecule has 0 fully saturated rings. The fourth-order valence-electron chi connectivity index (χ4n) is 2.63. The van der Waals surface area contributed by atoms with Crippen LogP contribution in [0.1, 0.15) is 6.42 Å². The van der Waals surface area contributed by atoms with Gasteiger partial charge in [-0.2, -0.15) is 11.8 Å². The quantitative estimate of drug-likeness (QED) is 0.411. The van der Waals surface area contributed by atoms with E-state index >= 15 is 0 Å². The Balaban J connectivity index is 4.25. The molecular formula is C13H35NO3SSi3. The third-order valence-corrected chi connectivity index (χ3v) is 15.9. The van der Waals surface area contributed by atoms with E-state index in [0.29, 0.717) is 0 Å². The van der Waals surface area contributed by atoms with Crippen molar-refractivity contribution >= 4 is 37.0 Å². The normalized spacial score (nSPS) is 14.0. The second kappa shape index (κ2) is 9.21. The Morgan fingerprint density at radius 2 is 1.24 bits per heavy atom. The molecule has 0 aliphatic carbocycles. The maximum atomic E-state index is 5.45. The third-order valence-electron chi connectivity index (χ3n) is 3.50. The molecule has 8 heteroatoms. The van der Waals surface area contributed by atoms with Gasteiger partial charge in [0.05, 0.1) is 5.38 Å². The van der Waals surface area contributed by atoms with Gasteiger partial charge in [0.15, 0.2) is 0 Å². The fraction of sp³-hybridized carbons (Fsp3) is 1.00. The molecule has 0 amide bonds. The Labute approximate surface area is 139 Å². The fourth-order valence-corrected chi connectivity index (χ4v) is 16.2. The van der Waals surface area contributed by atoms with Gasteiger partial charge in [0.1, 0.15) is 16.5 Å². The highest BCUT2D eigenvalue weighted by Gasteiger charge is 2.38. The van der Waals surface area contributed by atoms with Gasteiger partial charge in [-0.15, -0.1) is 0 Å². The number of thioether (sulfide) groups is 1. The SMILES string of the molecule is CO[Si](CSCCCN([Si](C)(C)C)[Si](C)(C)C)(OC)OC. The second-order valence-corrected chi connectivity index (χ2v) is 22.0. The molecule has 0 unspecified atom stereocenters. The Hall–Kier alpha value is 0.841. The lowest BCUT2D eigenvalue weighted by atomic mass is 10.5. The van der Waals surface area contributed by atoms with Crippen LogP contribution in [-0.2, 0) is 13.3 Å². The van der Waals surface area contributed by atoms with E-state index in [0.717, 1.165) is 11.1 Å². The van der Waals surface area contributed by atoms with E-state index < -0.39 is 25.3 Å². The number of rotatable bonds is 11. The van der Waals surface area contributed by atoms with Crippen molar-refractivity contribution in [3.63, 3.8) is 0 Å². The summed E-state index contributed by atoms with van der Waals surface area (Å²) in [6, 6.07) is 0.